The molecule has 1 spiro atoms. The zero-order valence-corrected chi connectivity index (χ0v) is 11.0. The number of amides is 2. The lowest BCUT2D eigenvalue weighted by Gasteiger charge is -2.53. The molecule has 102 valence electrons. The van der Waals surface area contributed by atoms with Crippen molar-refractivity contribution in [3.05, 3.63) is 0 Å². The lowest BCUT2D eigenvalue weighted by molar-refractivity contribution is -0.258. The van der Waals surface area contributed by atoms with Crippen molar-refractivity contribution in [1.82, 2.24) is 9.96 Å². The van der Waals surface area contributed by atoms with Crippen LogP contribution in [0.25, 0.3) is 0 Å². The first-order chi connectivity index (χ1) is 8.37. The number of urea groups is 1. The summed E-state index contributed by atoms with van der Waals surface area (Å²) in [6.45, 7) is 3.99. The molecule has 0 radical (unpaired) electrons. The van der Waals surface area contributed by atoms with Crippen LogP contribution in [0.4, 0.5) is 4.79 Å². The van der Waals surface area contributed by atoms with E-state index in [1.165, 1.54) is 4.90 Å². The van der Waals surface area contributed by atoms with Gasteiger partial charge in [-0.3, -0.25) is 10.0 Å². The first kappa shape index (κ1) is 13.1. The molecule has 1 aliphatic carbocycles. The first-order valence-electron chi connectivity index (χ1n) is 6.31. The van der Waals surface area contributed by atoms with E-state index in [0.29, 0.717) is 11.6 Å². The molecule has 2 amide bonds. The maximum Gasteiger partial charge on any atom is 0.346 e. The topological polar surface area (TPSA) is 70.1 Å². The Hall–Kier alpha value is -1.30. The SMILES string of the molecule is CC(C)C(=O)OC1N(O)C(=O)N(C)CC12CCC2. The molecule has 1 atom stereocenters. The van der Waals surface area contributed by atoms with Crippen LogP contribution in [0.3, 0.4) is 0 Å². The van der Waals surface area contributed by atoms with Crippen molar-refractivity contribution in [3.63, 3.8) is 0 Å². The third kappa shape index (κ3) is 1.94. The third-order valence-corrected chi connectivity index (χ3v) is 3.87. The number of carbonyl (C=O) groups is 2. The van der Waals surface area contributed by atoms with E-state index in [9.17, 15) is 14.8 Å². The van der Waals surface area contributed by atoms with Gasteiger partial charge in [-0.2, -0.15) is 5.06 Å². The largest absolute Gasteiger partial charge is 0.438 e. The summed E-state index contributed by atoms with van der Waals surface area (Å²) in [5.74, 6) is -0.659. The summed E-state index contributed by atoms with van der Waals surface area (Å²) in [6.07, 6.45) is 1.91. The van der Waals surface area contributed by atoms with E-state index >= 15 is 0 Å². The van der Waals surface area contributed by atoms with Crippen molar-refractivity contribution in [1.29, 1.82) is 0 Å². The van der Waals surface area contributed by atoms with E-state index in [4.69, 9.17) is 4.74 Å². The molecule has 0 aromatic carbocycles. The summed E-state index contributed by atoms with van der Waals surface area (Å²) in [5.41, 5.74) is -0.304. The van der Waals surface area contributed by atoms with Gasteiger partial charge in [0.25, 0.3) is 0 Å². The van der Waals surface area contributed by atoms with Crippen molar-refractivity contribution in [2.24, 2.45) is 11.3 Å². The Labute approximate surface area is 106 Å². The standard InChI is InChI=1S/C12H20N2O4/c1-8(2)9(15)18-10-12(5-4-6-12)7-13(3)11(16)14(10)17/h8,10,17H,4-7H2,1-3H3. The Bertz CT molecular complexity index is 365. The minimum absolute atomic E-state index is 0.273. The Morgan fingerprint density at radius 2 is 2.11 bits per heavy atom. The molecular formula is C12H20N2O4. The molecule has 18 heavy (non-hydrogen) atoms. The van der Waals surface area contributed by atoms with Crippen LogP contribution in [-0.4, -0.2) is 47.0 Å². The molecule has 2 fully saturated rings. The van der Waals surface area contributed by atoms with Gasteiger partial charge in [-0.05, 0) is 12.8 Å². The van der Waals surface area contributed by atoms with Crippen LogP contribution in [-0.2, 0) is 9.53 Å². The number of hydroxylamine groups is 2. The third-order valence-electron chi connectivity index (χ3n) is 3.87. The highest BCUT2D eigenvalue weighted by Gasteiger charge is 2.55. The van der Waals surface area contributed by atoms with E-state index in [0.717, 1.165) is 19.3 Å². The van der Waals surface area contributed by atoms with Gasteiger partial charge in [0.15, 0.2) is 0 Å². The minimum Gasteiger partial charge on any atom is -0.438 e. The Morgan fingerprint density at radius 3 is 2.56 bits per heavy atom. The van der Waals surface area contributed by atoms with Gasteiger partial charge >= 0.3 is 12.0 Å². The summed E-state index contributed by atoms with van der Waals surface area (Å²) in [7, 11) is 1.64. The molecule has 1 aliphatic heterocycles. The highest BCUT2D eigenvalue weighted by Crippen LogP contribution is 2.48. The van der Waals surface area contributed by atoms with Gasteiger partial charge in [-0.15, -0.1) is 0 Å². The van der Waals surface area contributed by atoms with Crippen LogP contribution < -0.4 is 0 Å². The minimum atomic E-state index is -0.843. The van der Waals surface area contributed by atoms with E-state index in [2.05, 4.69) is 0 Å². The molecule has 1 heterocycles. The van der Waals surface area contributed by atoms with Gasteiger partial charge in [0.05, 0.1) is 5.92 Å². The van der Waals surface area contributed by atoms with Gasteiger partial charge in [-0.1, -0.05) is 20.3 Å². The van der Waals surface area contributed by atoms with Gasteiger partial charge in [0, 0.05) is 19.0 Å². The highest BCUT2D eigenvalue weighted by molar-refractivity contribution is 5.76. The van der Waals surface area contributed by atoms with Crippen LogP contribution >= 0.6 is 0 Å². The van der Waals surface area contributed by atoms with Gasteiger partial charge in [-0.25, -0.2) is 4.79 Å². The monoisotopic (exact) mass is 256 g/mol. The summed E-state index contributed by atoms with van der Waals surface area (Å²) in [5, 5.41) is 10.5. The van der Waals surface area contributed by atoms with Gasteiger partial charge < -0.3 is 9.64 Å². The molecule has 1 unspecified atom stereocenters. The average molecular weight is 256 g/mol. The van der Waals surface area contributed by atoms with Crippen molar-refractivity contribution in [3.8, 4) is 0 Å². The molecule has 2 aliphatic rings. The fraction of sp³-hybridized carbons (Fsp3) is 0.833. The van der Waals surface area contributed by atoms with Crippen molar-refractivity contribution in [2.75, 3.05) is 13.6 Å². The zero-order chi connectivity index (χ0) is 13.5. The Morgan fingerprint density at radius 1 is 1.50 bits per heavy atom. The number of rotatable bonds is 2. The molecule has 0 aromatic rings. The van der Waals surface area contributed by atoms with E-state index in [1.807, 2.05) is 0 Å². The smallest absolute Gasteiger partial charge is 0.346 e. The predicted molar refractivity (Wildman–Crippen MR) is 62.7 cm³/mol. The van der Waals surface area contributed by atoms with Crippen molar-refractivity contribution < 1.29 is 19.5 Å². The summed E-state index contributed by atoms with van der Waals surface area (Å²) in [4.78, 5) is 24.9. The van der Waals surface area contributed by atoms with Crippen molar-refractivity contribution >= 4 is 12.0 Å². The predicted octanol–water partition coefficient (Wildman–Crippen LogP) is 1.44. The summed E-state index contributed by atoms with van der Waals surface area (Å²) >= 11 is 0. The Balaban J connectivity index is 2.18. The fourth-order valence-electron chi connectivity index (χ4n) is 2.61. The second-order valence-electron chi connectivity index (χ2n) is 5.64. The number of hydrogen-bond donors (Lipinski definition) is 1. The number of nitrogens with zero attached hydrogens (tertiary/aromatic N) is 2. The number of esters is 1. The lowest BCUT2D eigenvalue weighted by atomic mass is 9.66. The van der Waals surface area contributed by atoms with Crippen LogP contribution in [0.5, 0.6) is 0 Å². The normalized spacial score (nSPS) is 26.5. The molecule has 0 aromatic heterocycles. The molecule has 2 rings (SSSR count). The average Bonchev–Trinajstić information content (AvgIpc) is 2.27. The van der Waals surface area contributed by atoms with Crippen LogP contribution in [0, 0.1) is 11.3 Å². The highest BCUT2D eigenvalue weighted by atomic mass is 16.6. The molecule has 0 bridgehead atoms. The summed E-state index contributed by atoms with van der Waals surface area (Å²) in [6, 6.07) is -0.519. The molecule has 1 N–H and O–H groups in total. The first-order valence-corrected chi connectivity index (χ1v) is 6.31. The molecule has 6 nitrogen and oxygen atoms in total. The van der Waals surface area contributed by atoms with Crippen LogP contribution in [0.15, 0.2) is 0 Å². The van der Waals surface area contributed by atoms with Crippen LogP contribution in [0.1, 0.15) is 33.1 Å². The van der Waals surface area contributed by atoms with E-state index < -0.39 is 12.3 Å². The number of hydrogen-bond acceptors (Lipinski definition) is 4. The van der Waals surface area contributed by atoms with Gasteiger partial charge in [0.2, 0.25) is 6.23 Å². The quantitative estimate of drug-likeness (QED) is 0.599. The summed E-state index contributed by atoms with van der Waals surface area (Å²) < 4.78 is 5.33. The molecule has 1 saturated heterocycles. The maximum atomic E-state index is 11.7. The van der Waals surface area contributed by atoms with Crippen LogP contribution in [0.2, 0.25) is 0 Å². The van der Waals surface area contributed by atoms with Gasteiger partial charge in [0.1, 0.15) is 0 Å². The second-order valence-corrected chi connectivity index (χ2v) is 5.64. The number of carbonyl (C=O) groups excluding carboxylic acids is 2. The van der Waals surface area contributed by atoms with E-state index in [1.54, 1.807) is 20.9 Å². The Kier molecular flexibility index (Phi) is 3.23. The molecule has 1 saturated carbocycles. The van der Waals surface area contributed by atoms with Crippen molar-refractivity contribution in [2.45, 2.75) is 39.3 Å². The number of ether oxygens (including phenoxy) is 1. The second kappa shape index (κ2) is 4.42. The fourth-order valence-corrected chi connectivity index (χ4v) is 2.61. The van der Waals surface area contributed by atoms with E-state index in [-0.39, 0.29) is 17.3 Å². The zero-order valence-electron chi connectivity index (χ0n) is 11.0. The molecular weight excluding hydrogens is 236 g/mol. The maximum absolute atomic E-state index is 11.7. The molecule has 6 heteroatoms. The lowest BCUT2D eigenvalue weighted by Crippen LogP contribution is -2.65.